The van der Waals surface area contributed by atoms with Crippen LogP contribution in [0.2, 0.25) is 10.0 Å². The van der Waals surface area contributed by atoms with Crippen molar-refractivity contribution in [3.63, 3.8) is 0 Å². The number of fused-ring (bicyclic) bond motifs is 2. The number of aliphatic hydroxyl groups excluding tert-OH is 1. The molecule has 0 spiro atoms. The van der Waals surface area contributed by atoms with Crippen LogP contribution in [0.4, 0.5) is 10.0 Å². The van der Waals surface area contributed by atoms with Gasteiger partial charge in [0, 0.05) is 50.8 Å². The molecular weight excluding hydrogens is 857 g/mol. The van der Waals surface area contributed by atoms with Crippen LogP contribution in [0.3, 0.4) is 0 Å². The fourth-order valence-corrected chi connectivity index (χ4v) is 12.8. The summed E-state index contributed by atoms with van der Waals surface area (Å²) in [5.41, 5.74) is 5.27. The van der Waals surface area contributed by atoms with Crippen LogP contribution >= 0.6 is 69.4 Å². The standard InChI is InChI=1S/C21H25ClN2O2S2.C21H23ClN2O2S2.B.Na.H/c2*22-15-6-4-14(5-7-15)20(26)19-16-8-11-27-13-17(16)28-21(19)23-18(25)12-24-9-2-1-3-10-24;;;/h4-7,20,26H,1-3,8-13H2,(H,23,25);4-7H,1-3,8-13H2,(H,23,25);;;/q;;;+1;-1. The fourth-order valence-electron chi connectivity index (χ4n) is 7.73. The number of thioether (sulfide) groups is 2. The van der Waals surface area contributed by atoms with E-state index in [-0.39, 0.29) is 57.0 Å². The summed E-state index contributed by atoms with van der Waals surface area (Å²) in [4.78, 5) is 45.5. The van der Waals surface area contributed by atoms with Gasteiger partial charge in [0.1, 0.15) is 16.1 Å². The SMILES string of the molecule is O=C(CN1CCCCC1)Nc1sc2c(c1C(=O)c1ccc(Cl)cc1)CCSC2.O=C(CN1CCCCC1)Nc1sc2c(c1C(O)c1ccc(Cl)cc1)CCSC2.[B].[H-].[Na+]. The summed E-state index contributed by atoms with van der Waals surface area (Å²) < 4.78 is 0. The molecule has 1 unspecified atom stereocenters. The number of hydrogen-bond acceptors (Lipinski definition) is 10. The molecule has 4 aliphatic heterocycles. The third kappa shape index (κ3) is 12.4. The first-order chi connectivity index (χ1) is 27.2. The van der Waals surface area contributed by atoms with Crippen LogP contribution in [0, 0.1) is 0 Å². The zero-order chi connectivity index (χ0) is 39.0. The first-order valence-corrected chi connectivity index (χ1v) is 24.2. The van der Waals surface area contributed by atoms with Gasteiger partial charge in [-0.15, -0.1) is 22.7 Å². The molecule has 8 nitrogen and oxygen atoms in total. The van der Waals surface area contributed by atoms with Crippen LogP contribution in [-0.2, 0) is 33.9 Å². The van der Waals surface area contributed by atoms with Crippen molar-refractivity contribution in [1.82, 2.24) is 9.80 Å². The molecule has 2 aromatic heterocycles. The van der Waals surface area contributed by atoms with E-state index >= 15 is 0 Å². The van der Waals surface area contributed by atoms with Crippen LogP contribution in [0.25, 0.3) is 0 Å². The number of benzene rings is 2. The number of nitrogens with one attached hydrogen (secondary N) is 2. The van der Waals surface area contributed by atoms with Crippen molar-refractivity contribution >= 4 is 105 Å². The van der Waals surface area contributed by atoms with Gasteiger partial charge in [-0.25, -0.2) is 0 Å². The van der Waals surface area contributed by atoms with Crippen LogP contribution < -0.4 is 40.2 Å². The number of rotatable bonds is 10. The van der Waals surface area contributed by atoms with E-state index in [0.29, 0.717) is 39.3 Å². The number of ketones is 1. The molecule has 0 aliphatic carbocycles. The molecule has 2 fully saturated rings. The second-order valence-corrected chi connectivity index (χ2v) is 19.9. The summed E-state index contributed by atoms with van der Waals surface area (Å²) in [6, 6.07) is 14.3. The summed E-state index contributed by atoms with van der Waals surface area (Å²) in [5, 5.41) is 20.1. The van der Waals surface area contributed by atoms with Gasteiger partial charge < -0.3 is 17.2 Å². The van der Waals surface area contributed by atoms with E-state index in [1.807, 2.05) is 35.7 Å². The number of amides is 2. The number of aliphatic hydroxyl groups is 1. The Kier molecular flexibility index (Phi) is 19.1. The number of carbonyl (C=O) groups excluding carboxylic acids is 3. The average molecular weight is 907 g/mol. The summed E-state index contributed by atoms with van der Waals surface area (Å²) in [7, 11) is 0. The first-order valence-electron chi connectivity index (χ1n) is 19.5. The smallest absolute Gasteiger partial charge is 1.00 e. The summed E-state index contributed by atoms with van der Waals surface area (Å²) in [5.74, 6) is 3.85. The third-order valence-corrected chi connectivity index (χ3v) is 15.8. The maximum atomic E-state index is 13.3. The molecule has 2 saturated heterocycles. The summed E-state index contributed by atoms with van der Waals surface area (Å²) in [6.07, 6.45) is 8.17. The number of nitrogens with zero attached hydrogens (tertiary/aromatic N) is 2. The predicted octanol–water partition coefficient (Wildman–Crippen LogP) is 6.28. The van der Waals surface area contributed by atoms with Crippen LogP contribution in [0.5, 0.6) is 0 Å². The summed E-state index contributed by atoms with van der Waals surface area (Å²) in [6.45, 7) is 4.75. The molecule has 2 amide bonds. The molecule has 58 heavy (non-hydrogen) atoms. The molecule has 6 heterocycles. The Bertz CT molecular complexity index is 2010. The van der Waals surface area contributed by atoms with Gasteiger partial charge in [-0.3, -0.25) is 24.2 Å². The van der Waals surface area contributed by atoms with Gasteiger partial charge in [0.2, 0.25) is 11.8 Å². The minimum Gasteiger partial charge on any atom is -1.00 e. The van der Waals surface area contributed by atoms with E-state index in [1.54, 1.807) is 59.1 Å². The molecule has 1 atom stereocenters. The van der Waals surface area contributed by atoms with Crippen LogP contribution in [-0.4, -0.2) is 91.7 Å². The number of piperidine rings is 2. The number of halogens is 2. The largest absolute Gasteiger partial charge is 1.00 e. The minimum atomic E-state index is -0.759. The Balaban J connectivity index is 0.000000248. The number of carbonyl (C=O) groups is 3. The van der Waals surface area contributed by atoms with Crippen molar-refractivity contribution in [3.8, 4) is 0 Å². The zero-order valence-corrected chi connectivity index (χ0v) is 39.7. The fraction of sp³-hybridized carbons (Fsp3) is 0.452. The quantitative estimate of drug-likeness (QED) is 0.127. The number of hydrogen-bond donors (Lipinski definition) is 3. The van der Waals surface area contributed by atoms with Crippen LogP contribution in [0.1, 0.15) is 94.0 Å². The summed E-state index contributed by atoms with van der Waals surface area (Å²) >= 11 is 18.9. The van der Waals surface area contributed by atoms with E-state index in [4.69, 9.17) is 23.2 Å². The van der Waals surface area contributed by atoms with Gasteiger partial charge in [-0.1, -0.05) is 48.2 Å². The molecule has 303 valence electrons. The van der Waals surface area contributed by atoms with E-state index in [1.165, 1.54) is 41.0 Å². The second kappa shape index (κ2) is 23.2. The molecule has 4 aliphatic rings. The Morgan fingerprint density at radius 2 is 1.16 bits per heavy atom. The molecule has 16 heteroatoms. The second-order valence-electron chi connectivity index (χ2n) is 14.6. The maximum Gasteiger partial charge on any atom is 1.00 e. The van der Waals surface area contributed by atoms with Gasteiger partial charge in [0.25, 0.3) is 0 Å². The monoisotopic (exact) mass is 905 g/mol. The Hall–Kier alpha value is -1.33. The molecule has 0 bridgehead atoms. The van der Waals surface area contributed by atoms with Crippen molar-refractivity contribution in [2.75, 3.05) is 61.4 Å². The molecule has 8 rings (SSSR count). The molecule has 4 aromatic rings. The predicted molar refractivity (Wildman–Crippen MR) is 243 cm³/mol. The van der Waals surface area contributed by atoms with E-state index in [9.17, 15) is 19.5 Å². The average Bonchev–Trinajstić information content (AvgIpc) is 3.76. The van der Waals surface area contributed by atoms with Crippen LogP contribution in [0.15, 0.2) is 48.5 Å². The number of likely N-dealkylation sites (tertiary alicyclic amines) is 2. The van der Waals surface area contributed by atoms with Gasteiger partial charge in [0.15, 0.2) is 5.78 Å². The van der Waals surface area contributed by atoms with Gasteiger partial charge in [-0.05, 0) is 129 Å². The molecular formula is C42H49BCl2N4NaO4S4. The normalized spacial score (nSPS) is 17.2. The van der Waals surface area contributed by atoms with Gasteiger partial charge in [0.05, 0.1) is 18.7 Å². The molecule has 3 radical (unpaired) electrons. The molecule has 0 saturated carbocycles. The van der Waals surface area contributed by atoms with E-state index < -0.39 is 6.10 Å². The van der Waals surface area contributed by atoms with Crippen molar-refractivity contribution < 1.29 is 50.5 Å². The first kappa shape index (κ1) is 47.7. The third-order valence-electron chi connectivity index (χ3n) is 10.6. The maximum absolute atomic E-state index is 13.3. The van der Waals surface area contributed by atoms with E-state index in [2.05, 4.69) is 20.4 Å². The Labute approximate surface area is 394 Å². The topological polar surface area (TPSA) is 102 Å². The van der Waals surface area contributed by atoms with Gasteiger partial charge in [-0.2, -0.15) is 23.5 Å². The van der Waals surface area contributed by atoms with Crippen molar-refractivity contribution in [2.45, 2.75) is 69.0 Å². The van der Waals surface area contributed by atoms with Crippen molar-refractivity contribution in [2.24, 2.45) is 0 Å². The molecule has 3 N–H and O–H groups in total. The van der Waals surface area contributed by atoms with E-state index in [0.717, 1.165) is 96.6 Å². The minimum absolute atomic E-state index is 0. The van der Waals surface area contributed by atoms with Crippen molar-refractivity contribution in [3.05, 3.63) is 102 Å². The number of anilines is 2. The zero-order valence-electron chi connectivity index (χ0n) is 34.0. The molecule has 2 aromatic carbocycles. The number of thiophene rings is 2. The van der Waals surface area contributed by atoms with Crippen molar-refractivity contribution in [1.29, 1.82) is 0 Å². The van der Waals surface area contributed by atoms with Gasteiger partial charge >= 0.3 is 29.6 Å². The Morgan fingerprint density at radius 3 is 1.71 bits per heavy atom. The Morgan fingerprint density at radius 1 is 0.690 bits per heavy atom.